The Kier molecular flexibility index (Phi) is 22.0. The average Bonchev–Trinajstić information content (AvgIpc) is 3.35. The standard InChI is InChI=1S/C56H78N2O8S/c1-4-6-7-8-9-10-11-12-13-24-36-63-55(61)58(3)52-41-50(57-65-42-43-25-16-14-17-26-43)48-39-44(27-20-22-33-59)47(30-21-23-34-60)53-49-40-45(62-37-38-67-46-28-18-15-19-29-46)31-32-51(49)66-56(52,54(48)53)64-35-5-2/h5,14-19,25-26,28-29,31-32,39-40,44,47,52-54,59-60H,2,4,6-13,20-24,27,30,33-38,41-42H2,1,3H3/t44-,47+,52-,53+,54+,56+/m0/s1. The molecule has 0 aromatic heterocycles. The highest BCUT2D eigenvalue weighted by Gasteiger charge is 2.65. The lowest BCUT2D eigenvalue weighted by molar-refractivity contribution is -0.253. The van der Waals surface area contributed by atoms with Gasteiger partial charge in [0.1, 0.15) is 24.1 Å². The molecule has 3 aromatic rings. The molecule has 0 unspecified atom stereocenters. The Bertz CT molecular complexity index is 1980. The number of aliphatic hydroxyl groups excluding tert-OH is 2. The van der Waals surface area contributed by atoms with Crippen molar-refractivity contribution in [3.05, 3.63) is 114 Å². The number of likely N-dealkylation sites (N-methyl/N-ethyl adjacent to an activating group) is 1. The van der Waals surface area contributed by atoms with E-state index >= 15 is 0 Å². The maximum atomic E-state index is 14.3. The van der Waals surface area contributed by atoms with Gasteiger partial charge in [-0.2, -0.15) is 0 Å². The van der Waals surface area contributed by atoms with Gasteiger partial charge in [0.05, 0.1) is 31.5 Å². The van der Waals surface area contributed by atoms with Crippen molar-refractivity contribution in [3.63, 3.8) is 0 Å². The lowest BCUT2D eigenvalue weighted by Gasteiger charge is -2.59. The number of oxime groups is 1. The number of aliphatic hydroxyl groups is 2. The van der Waals surface area contributed by atoms with Gasteiger partial charge in [0.15, 0.2) is 0 Å². The molecule has 3 aromatic carbocycles. The van der Waals surface area contributed by atoms with E-state index in [9.17, 15) is 15.0 Å². The van der Waals surface area contributed by atoms with E-state index in [2.05, 4.69) is 37.8 Å². The molecule has 10 nitrogen and oxygen atoms in total. The average molecular weight is 939 g/mol. The van der Waals surface area contributed by atoms with Gasteiger partial charge in [-0.3, -0.25) is 0 Å². The van der Waals surface area contributed by atoms with Crippen LogP contribution in [-0.4, -0.2) is 84.6 Å². The highest BCUT2D eigenvalue weighted by molar-refractivity contribution is 7.99. The fourth-order valence-corrected chi connectivity index (χ4v) is 11.1. The topological polar surface area (TPSA) is 119 Å². The molecule has 2 aliphatic carbocycles. The molecule has 0 bridgehead atoms. The van der Waals surface area contributed by atoms with Crippen molar-refractivity contribution in [3.8, 4) is 11.5 Å². The predicted octanol–water partition coefficient (Wildman–Crippen LogP) is 12.7. The van der Waals surface area contributed by atoms with Crippen molar-refractivity contribution < 1.29 is 38.8 Å². The van der Waals surface area contributed by atoms with Crippen molar-refractivity contribution >= 4 is 23.6 Å². The fraction of sp³-hybridized carbons (Fsp3) is 0.571. The molecule has 1 amide bonds. The van der Waals surface area contributed by atoms with E-state index in [0.717, 1.165) is 78.9 Å². The second-order valence-corrected chi connectivity index (χ2v) is 19.6. The van der Waals surface area contributed by atoms with Crippen molar-refractivity contribution in [2.75, 3.05) is 45.8 Å². The van der Waals surface area contributed by atoms with Gasteiger partial charge in [0, 0.05) is 48.8 Å². The van der Waals surface area contributed by atoms with E-state index in [-0.39, 0.29) is 44.2 Å². The Morgan fingerprint density at radius 3 is 2.25 bits per heavy atom. The summed E-state index contributed by atoms with van der Waals surface area (Å²) < 4.78 is 26.9. The molecular weight excluding hydrogens is 861 g/mol. The molecule has 1 saturated carbocycles. The summed E-state index contributed by atoms with van der Waals surface area (Å²) in [6, 6.07) is 25.8. The molecule has 0 spiro atoms. The van der Waals surface area contributed by atoms with Crippen molar-refractivity contribution in [2.24, 2.45) is 22.9 Å². The minimum absolute atomic E-state index is 0.107. The predicted molar refractivity (Wildman–Crippen MR) is 270 cm³/mol. The summed E-state index contributed by atoms with van der Waals surface area (Å²) >= 11 is 1.76. The maximum absolute atomic E-state index is 14.3. The lowest BCUT2D eigenvalue weighted by Crippen LogP contribution is -2.69. The Balaban J connectivity index is 1.35. The first-order chi connectivity index (χ1) is 32.9. The van der Waals surface area contributed by atoms with Gasteiger partial charge >= 0.3 is 6.09 Å². The number of hydrogen-bond donors (Lipinski definition) is 2. The number of hydrogen-bond acceptors (Lipinski definition) is 10. The normalized spacial score (nSPS) is 22.2. The smallest absolute Gasteiger partial charge is 0.409 e. The van der Waals surface area contributed by atoms with Crippen LogP contribution in [0.1, 0.15) is 133 Å². The number of ether oxygens (including phenoxy) is 4. The molecule has 2 N–H and O–H groups in total. The van der Waals surface area contributed by atoms with Crippen LogP contribution in [0.25, 0.3) is 0 Å². The van der Waals surface area contributed by atoms with Gasteiger partial charge in [-0.1, -0.05) is 143 Å². The van der Waals surface area contributed by atoms with Crippen molar-refractivity contribution in [2.45, 2.75) is 145 Å². The summed E-state index contributed by atoms with van der Waals surface area (Å²) in [5, 5.41) is 24.9. The van der Waals surface area contributed by atoms with Gasteiger partial charge in [0.25, 0.3) is 0 Å². The fourth-order valence-electron chi connectivity index (χ4n) is 10.4. The summed E-state index contributed by atoms with van der Waals surface area (Å²) in [5.74, 6) is 0.569. The third kappa shape index (κ3) is 14.6. The Hall–Kier alpha value is -4.29. The van der Waals surface area contributed by atoms with Gasteiger partial charge in [0.2, 0.25) is 5.79 Å². The number of carbonyl (C=O) groups is 1. The summed E-state index contributed by atoms with van der Waals surface area (Å²) in [4.78, 5) is 23.4. The molecule has 1 aliphatic heterocycles. The molecule has 11 heteroatoms. The summed E-state index contributed by atoms with van der Waals surface area (Å²) in [6.07, 6.45) is 20.7. The molecule has 6 atom stereocenters. The SMILES string of the molecule is C=CCO[C@@]12Oc3ccc(OCCSc4ccccc4)cc3[C@H]3[C@H](CCCCO)[C@@H](CCCCO)C=C(C(=NOCc4ccccc4)C[C@@H]1N(C)C(=O)OCCCCCCCCCCCC)[C@H]32. The van der Waals surface area contributed by atoms with E-state index in [1.54, 1.807) is 29.8 Å². The van der Waals surface area contributed by atoms with Crippen LogP contribution >= 0.6 is 11.8 Å². The van der Waals surface area contributed by atoms with Crippen LogP contribution in [0.2, 0.25) is 0 Å². The minimum Gasteiger partial charge on any atom is -0.493 e. The molecule has 366 valence electrons. The highest BCUT2D eigenvalue weighted by Crippen LogP contribution is 2.62. The van der Waals surface area contributed by atoms with Crippen molar-refractivity contribution in [1.82, 2.24) is 4.90 Å². The number of thioether (sulfide) groups is 1. The van der Waals surface area contributed by atoms with Crippen LogP contribution in [0.3, 0.4) is 0 Å². The molecule has 1 heterocycles. The first kappa shape index (κ1) is 52.1. The number of fused-ring (bicyclic) bond motifs is 2. The molecule has 67 heavy (non-hydrogen) atoms. The van der Waals surface area contributed by atoms with E-state index < -0.39 is 23.8 Å². The highest BCUT2D eigenvalue weighted by atomic mass is 32.2. The number of amides is 1. The number of carbonyl (C=O) groups excluding carboxylic acids is 1. The molecule has 6 rings (SSSR count). The van der Waals surface area contributed by atoms with E-state index in [4.69, 9.17) is 28.9 Å². The first-order valence-corrected chi connectivity index (χ1v) is 26.4. The van der Waals surface area contributed by atoms with Crippen LogP contribution in [0.15, 0.2) is 113 Å². The monoisotopic (exact) mass is 939 g/mol. The third-order valence-corrected chi connectivity index (χ3v) is 14.7. The molecule has 3 aliphatic rings. The van der Waals surface area contributed by atoms with Crippen LogP contribution in [0, 0.1) is 17.8 Å². The van der Waals surface area contributed by atoms with Crippen molar-refractivity contribution in [1.29, 1.82) is 0 Å². The number of benzene rings is 3. The lowest BCUT2D eigenvalue weighted by atomic mass is 9.55. The molecule has 1 fully saturated rings. The van der Waals surface area contributed by atoms with Gasteiger partial charge in [-0.25, -0.2) is 4.79 Å². The second-order valence-electron chi connectivity index (χ2n) is 18.4. The van der Waals surface area contributed by atoms with Gasteiger partial charge in [-0.05, 0) is 85.4 Å². The quantitative estimate of drug-likeness (QED) is 0.0281. The van der Waals surface area contributed by atoms with Crippen LogP contribution in [0.4, 0.5) is 4.79 Å². The van der Waals surface area contributed by atoms with Crippen LogP contribution in [-0.2, 0) is 20.9 Å². The zero-order chi connectivity index (χ0) is 47.1. The summed E-state index contributed by atoms with van der Waals surface area (Å²) in [7, 11) is 1.79. The second kappa shape index (κ2) is 28.3. The first-order valence-electron chi connectivity index (χ1n) is 25.4. The molecular formula is C56H78N2O8S. The zero-order valence-electron chi connectivity index (χ0n) is 40.4. The summed E-state index contributed by atoms with van der Waals surface area (Å²) in [6.45, 7) is 7.90. The Labute approximate surface area is 405 Å². The van der Waals surface area contributed by atoms with E-state index in [1.807, 2.05) is 60.7 Å². The molecule has 0 radical (unpaired) electrons. The number of allylic oxidation sites excluding steroid dienone is 1. The maximum Gasteiger partial charge on any atom is 0.409 e. The number of nitrogens with zero attached hydrogens (tertiary/aromatic N) is 2. The van der Waals surface area contributed by atoms with Crippen LogP contribution < -0.4 is 9.47 Å². The number of rotatable bonds is 31. The minimum atomic E-state index is -1.35. The third-order valence-electron chi connectivity index (χ3n) is 13.7. The number of unbranched alkanes of at least 4 members (excludes halogenated alkanes) is 11. The van der Waals surface area contributed by atoms with Crippen LogP contribution in [0.5, 0.6) is 11.5 Å². The van der Waals surface area contributed by atoms with E-state index in [0.29, 0.717) is 38.2 Å². The van der Waals surface area contributed by atoms with Gasteiger partial charge in [-0.15, -0.1) is 18.3 Å². The van der Waals surface area contributed by atoms with E-state index in [1.165, 1.54) is 49.8 Å². The largest absolute Gasteiger partial charge is 0.493 e. The van der Waals surface area contributed by atoms with Gasteiger partial charge < -0.3 is 38.9 Å². The Morgan fingerprint density at radius 2 is 1.55 bits per heavy atom. The Morgan fingerprint density at radius 1 is 0.866 bits per heavy atom. The molecule has 0 saturated heterocycles. The zero-order valence-corrected chi connectivity index (χ0v) is 41.2. The summed E-state index contributed by atoms with van der Waals surface area (Å²) in [5.41, 5.74) is 3.77.